The largest absolute Gasteiger partial charge is 0.461 e. The number of aliphatic hydroxyl groups is 1. The van der Waals surface area contributed by atoms with Crippen LogP contribution in [0, 0.1) is 6.92 Å². The number of aryl methyl sites for hydroxylation is 1. The van der Waals surface area contributed by atoms with Gasteiger partial charge in [-0.25, -0.2) is 0 Å². The van der Waals surface area contributed by atoms with E-state index in [0.717, 1.165) is 29.9 Å². The Hall–Kier alpha value is -2.11. The number of carbonyl (C=O) groups excluding carboxylic acids is 1. The van der Waals surface area contributed by atoms with E-state index in [0.29, 0.717) is 38.1 Å². The molecule has 3 heterocycles. The lowest BCUT2D eigenvalue weighted by atomic mass is 9.82. The van der Waals surface area contributed by atoms with E-state index < -0.39 is 11.7 Å². The summed E-state index contributed by atoms with van der Waals surface area (Å²) < 4.78 is 11.6. The van der Waals surface area contributed by atoms with Crippen molar-refractivity contribution >= 4 is 5.91 Å². The van der Waals surface area contributed by atoms with Gasteiger partial charge in [0.2, 0.25) is 0 Å². The zero-order chi connectivity index (χ0) is 18.1. The van der Waals surface area contributed by atoms with Gasteiger partial charge in [0.25, 0.3) is 5.91 Å². The van der Waals surface area contributed by atoms with Crippen molar-refractivity contribution in [1.82, 2.24) is 4.90 Å². The fourth-order valence-electron chi connectivity index (χ4n) is 4.05. The van der Waals surface area contributed by atoms with Crippen LogP contribution in [0.15, 0.2) is 40.8 Å². The number of hydrogen-bond donors (Lipinski definition) is 1. The van der Waals surface area contributed by atoms with Crippen molar-refractivity contribution in [2.45, 2.75) is 44.3 Å². The summed E-state index contributed by atoms with van der Waals surface area (Å²) in [5, 5.41) is 10.4. The van der Waals surface area contributed by atoms with Crippen LogP contribution in [0.1, 0.15) is 41.8 Å². The number of aliphatic hydroxyl groups excluding tert-OH is 1. The van der Waals surface area contributed by atoms with Gasteiger partial charge in [-0.2, -0.15) is 0 Å². The average molecular weight is 355 g/mol. The highest BCUT2D eigenvalue weighted by atomic mass is 16.5. The van der Waals surface area contributed by atoms with E-state index in [1.54, 1.807) is 0 Å². The van der Waals surface area contributed by atoms with Crippen molar-refractivity contribution in [3.63, 3.8) is 0 Å². The van der Waals surface area contributed by atoms with E-state index in [-0.39, 0.29) is 5.91 Å². The van der Waals surface area contributed by atoms with Crippen LogP contribution in [0.2, 0.25) is 0 Å². The average Bonchev–Trinajstić information content (AvgIpc) is 3.11. The molecular formula is C21H25NO4. The first kappa shape index (κ1) is 17.3. The second-order valence-corrected chi connectivity index (χ2v) is 7.35. The second kappa shape index (κ2) is 6.89. The maximum atomic E-state index is 12.9. The molecule has 1 aromatic heterocycles. The van der Waals surface area contributed by atoms with Crippen LogP contribution in [-0.4, -0.2) is 47.3 Å². The summed E-state index contributed by atoms with van der Waals surface area (Å²) in [6.45, 7) is 3.83. The van der Waals surface area contributed by atoms with Crippen LogP contribution in [0.4, 0.5) is 0 Å². The van der Waals surface area contributed by atoms with Gasteiger partial charge in [-0.15, -0.1) is 0 Å². The number of benzene rings is 1. The van der Waals surface area contributed by atoms with Gasteiger partial charge in [-0.3, -0.25) is 4.79 Å². The number of likely N-dealkylation sites (tertiary alicyclic amines) is 1. The molecule has 138 valence electrons. The fourth-order valence-corrected chi connectivity index (χ4v) is 4.05. The molecule has 0 radical (unpaired) electrons. The Labute approximate surface area is 153 Å². The Kier molecular flexibility index (Phi) is 4.59. The number of furan rings is 1. The van der Waals surface area contributed by atoms with Crippen molar-refractivity contribution in [3.8, 4) is 11.3 Å². The Morgan fingerprint density at radius 2 is 2.04 bits per heavy atom. The third-order valence-electron chi connectivity index (χ3n) is 5.65. The molecule has 26 heavy (non-hydrogen) atoms. The molecule has 0 aliphatic carbocycles. The molecule has 2 aliphatic heterocycles. The van der Waals surface area contributed by atoms with E-state index in [1.165, 1.54) is 0 Å². The molecule has 1 aromatic carbocycles. The van der Waals surface area contributed by atoms with E-state index in [4.69, 9.17) is 9.15 Å². The van der Waals surface area contributed by atoms with Gasteiger partial charge in [0.1, 0.15) is 11.5 Å². The van der Waals surface area contributed by atoms with Crippen LogP contribution in [0.5, 0.6) is 0 Å². The normalized spacial score (nSPS) is 22.5. The number of piperidine rings is 1. The van der Waals surface area contributed by atoms with Gasteiger partial charge in [0, 0.05) is 30.8 Å². The molecule has 2 aliphatic rings. The Bertz CT molecular complexity index is 789. The summed E-state index contributed by atoms with van der Waals surface area (Å²) in [6, 6.07) is 11.4. The van der Waals surface area contributed by atoms with Crippen LogP contribution >= 0.6 is 0 Å². The molecule has 5 nitrogen and oxygen atoms in total. The molecule has 1 N–H and O–H groups in total. The summed E-state index contributed by atoms with van der Waals surface area (Å²) in [5.74, 6) is 1.65. The minimum absolute atomic E-state index is 0.0234. The van der Waals surface area contributed by atoms with Gasteiger partial charge in [0.05, 0.1) is 11.7 Å². The molecule has 0 saturated carbocycles. The SMILES string of the molecule is Cc1ccc(-c2cccc(C(=O)N3CCC4(CC3)OCCC[C@@H]4O)c2)o1. The lowest BCUT2D eigenvalue weighted by molar-refractivity contribution is -0.174. The molecular weight excluding hydrogens is 330 g/mol. The van der Waals surface area contributed by atoms with Crippen molar-refractivity contribution in [2.75, 3.05) is 19.7 Å². The highest BCUT2D eigenvalue weighted by Gasteiger charge is 2.44. The van der Waals surface area contributed by atoms with Crippen LogP contribution in [-0.2, 0) is 4.74 Å². The maximum absolute atomic E-state index is 12.9. The van der Waals surface area contributed by atoms with Crippen molar-refractivity contribution in [3.05, 3.63) is 47.7 Å². The molecule has 5 heteroatoms. The second-order valence-electron chi connectivity index (χ2n) is 7.35. The van der Waals surface area contributed by atoms with Gasteiger partial charge >= 0.3 is 0 Å². The number of rotatable bonds is 2. The predicted molar refractivity (Wildman–Crippen MR) is 97.9 cm³/mol. The highest BCUT2D eigenvalue weighted by Crippen LogP contribution is 2.35. The van der Waals surface area contributed by atoms with E-state index in [9.17, 15) is 9.90 Å². The summed E-state index contributed by atoms with van der Waals surface area (Å²) in [5.41, 5.74) is 1.11. The predicted octanol–water partition coefficient (Wildman–Crippen LogP) is 3.40. The van der Waals surface area contributed by atoms with Crippen molar-refractivity contribution in [1.29, 1.82) is 0 Å². The number of ether oxygens (including phenoxy) is 1. The summed E-state index contributed by atoms with van der Waals surface area (Å²) in [7, 11) is 0. The standard InChI is InChI=1S/C21H25NO4/c1-15-7-8-18(26-15)16-4-2-5-17(14-16)20(24)22-11-9-21(10-12-22)19(23)6-3-13-25-21/h2,4-5,7-8,14,19,23H,3,6,9-13H2,1H3/t19-/m0/s1. The zero-order valence-electron chi connectivity index (χ0n) is 15.1. The third-order valence-corrected chi connectivity index (χ3v) is 5.65. The van der Waals surface area contributed by atoms with E-state index in [2.05, 4.69) is 0 Å². The number of amides is 1. The third kappa shape index (κ3) is 3.17. The molecule has 2 saturated heterocycles. The number of nitrogens with zero attached hydrogens (tertiary/aromatic N) is 1. The lowest BCUT2D eigenvalue weighted by Crippen LogP contribution is -2.56. The van der Waals surface area contributed by atoms with Crippen molar-refractivity contribution in [2.24, 2.45) is 0 Å². The van der Waals surface area contributed by atoms with Crippen LogP contribution in [0.3, 0.4) is 0 Å². The quantitative estimate of drug-likeness (QED) is 0.897. The Morgan fingerprint density at radius 3 is 2.73 bits per heavy atom. The summed E-state index contributed by atoms with van der Waals surface area (Å²) >= 11 is 0. The molecule has 1 atom stereocenters. The lowest BCUT2D eigenvalue weighted by Gasteiger charge is -2.46. The zero-order valence-corrected chi connectivity index (χ0v) is 15.1. The number of carbonyl (C=O) groups is 1. The molecule has 0 bridgehead atoms. The Morgan fingerprint density at radius 1 is 1.23 bits per heavy atom. The van der Waals surface area contributed by atoms with E-state index in [1.807, 2.05) is 48.2 Å². The number of hydrogen-bond acceptors (Lipinski definition) is 4. The molecule has 4 rings (SSSR count). The molecule has 1 amide bonds. The minimum Gasteiger partial charge on any atom is -0.461 e. The maximum Gasteiger partial charge on any atom is 0.253 e. The minimum atomic E-state index is -0.456. The van der Waals surface area contributed by atoms with Crippen LogP contribution < -0.4 is 0 Å². The topological polar surface area (TPSA) is 62.9 Å². The first-order valence-electron chi connectivity index (χ1n) is 9.36. The molecule has 0 unspecified atom stereocenters. The van der Waals surface area contributed by atoms with Gasteiger partial charge in [-0.1, -0.05) is 12.1 Å². The summed E-state index contributed by atoms with van der Waals surface area (Å²) in [4.78, 5) is 14.8. The molecule has 1 spiro atoms. The van der Waals surface area contributed by atoms with Crippen molar-refractivity contribution < 1.29 is 19.1 Å². The summed E-state index contributed by atoms with van der Waals surface area (Å²) in [6.07, 6.45) is 2.66. The monoisotopic (exact) mass is 355 g/mol. The van der Waals surface area contributed by atoms with Gasteiger partial charge in [0.15, 0.2) is 0 Å². The van der Waals surface area contributed by atoms with Gasteiger partial charge < -0.3 is 19.2 Å². The smallest absolute Gasteiger partial charge is 0.253 e. The Balaban J connectivity index is 1.47. The molecule has 2 aromatic rings. The van der Waals surface area contributed by atoms with Gasteiger partial charge in [-0.05, 0) is 56.9 Å². The fraction of sp³-hybridized carbons (Fsp3) is 0.476. The van der Waals surface area contributed by atoms with Crippen LogP contribution in [0.25, 0.3) is 11.3 Å². The first-order chi connectivity index (χ1) is 12.6. The van der Waals surface area contributed by atoms with E-state index >= 15 is 0 Å². The highest BCUT2D eigenvalue weighted by molar-refractivity contribution is 5.95. The molecule has 2 fully saturated rings. The first-order valence-corrected chi connectivity index (χ1v) is 9.36.